The molecule has 6 aliphatic rings. The summed E-state index contributed by atoms with van der Waals surface area (Å²) in [5.74, 6) is 0.320. The summed E-state index contributed by atoms with van der Waals surface area (Å²) in [5, 5.41) is 15.5. The third-order valence-electron chi connectivity index (χ3n) is 11.3. The van der Waals surface area contributed by atoms with Gasteiger partial charge in [0.2, 0.25) is 21.8 Å². The monoisotopic (exact) mass is 814 g/mol. The predicted molar refractivity (Wildman–Crippen MR) is 201 cm³/mol. The van der Waals surface area contributed by atoms with E-state index in [0.717, 1.165) is 103 Å². The molecule has 0 bridgehead atoms. The number of amides is 2. The van der Waals surface area contributed by atoms with E-state index in [4.69, 9.17) is 20.3 Å². The molecule has 4 aromatic rings. The molecule has 300 valence electrons. The van der Waals surface area contributed by atoms with Gasteiger partial charge in [-0.05, 0) is 122 Å². The first-order valence-corrected chi connectivity index (χ1v) is 22.1. The van der Waals surface area contributed by atoms with Crippen molar-refractivity contribution in [1.29, 1.82) is 0 Å². The van der Waals surface area contributed by atoms with Gasteiger partial charge in [0.15, 0.2) is 9.79 Å². The largest absolute Gasteiger partial charge is 0.477 e. The van der Waals surface area contributed by atoms with Gasteiger partial charge >= 0.3 is 6.03 Å². The molecule has 10 rings (SSSR count). The molecule has 2 aromatic carbocycles. The summed E-state index contributed by atoms with van der Waals surface area (Å²) in [6.45, 7) is 2.14. The van der Waals surface area contributed by atoms with Crippen LogP contribution in [0.4, 0.5) is 25.0 Å². The molecule has 4 heterocycles. The number of benzene rings is 2. The van der Waals surface area contributed by atoms with Crippen molar-refractivity contribution in [3.63, 3.8) is 0 Å². The molecule has 2 aliphatic heterocycles. The Kier molecular flexibility index (Phi) is 10.2. The lowest BCUT2D eigenvalue weighted by molar-refractivity contribution is 0.224. The minimum absolute atomic E-state index is 0.0350. The number of hydrogen-bond acceptors (Lipinski definition) is 10. The molecular formula is C37H44F2N8O7S2. The second kappa shape index (κ2) is 15.0. The lowest BCUT2D eigenvalue weighted by Crippen LogP contribution is -2.35. The summed E-state index contributed by atoms with van der Waals surface area (Å²) >= 11 is 0. The third-order valence-corrected chi connectivity index (χ3v) is 13.5. The fraction of sp³-hybridized carbons (Fsp3) is 0.486. The van der Waals surface area contributed by atoms with Crippen molar-refractivity contribution in [2.75, 3.05) is 24.3 Å². The molecule has 56 heavy (non-hydrogen) atoms. The van der Waals surface area contributed by atoms with E-state index >= 15 is 0 Å². The van der Waals surface area contributed by atoms with Gasteiger partial charge in [0.25, 0.3) is 10.0 Å². The van der Waals surface area contributed by atoms with Crippen LogP contribution in [0.2, 0.25) is 0 Å². The van der Waals surface area contributed by atoms with Crippen LogP contribution in [-0.2, 0) is 84.5 Å². The minimum Gasteiger partial charge on any atom is -0.477 e. The molecule has 6 N–H and O–H groups in total. The van der Waals surface area contributed by atoms with E-state index in [0.29, 0.717) is 68.8 Å². The molecule has 4 aliphatic carbocycles. The Morgan fingerprint density at radius 1 is 0.643 bits per heavy atom. The van der Waals surface area contributed by atoms with Crippen LogP contribution < -0.4 is 30.4 Å². The molecule has 0 saturated carbocycles. The third kappa shape index (κ3) is 6.97. The highest BCUT2D eigenvalue weighted by Gasteiger charge is 2.33. The number of nitrogens with two attached hydrogens (primary N) is 2. The quantitative estimate of drug-likeness (QED) is 0.217. The summed E-state index contributed by atoms with van der Waals surface area (Å²) < 4.78 is 91.8. The van der Waals surface area contributed by atoms with Crippen molar-refractivity contribution in [2.24, 2.45) is 5.14 Å². The Morgan fingerprint density at radius 2 is 1.05 bits per heavy atom. The number of rotatable bonds is 4. The smallest absolute Gasteiger partial charge is 0.333 e. The van der Waals surface area contributed by atoms with E-state index in [9.17, 15) is 30.4 Å². The number of aryl methyl sites for hydroxylation is 2. The van der Waals surface area contributed by atoms with Gasteiger partial charge < -0.3 is 20.5 Å². The Morgan fingerprint density at radius 3 is 1.54 bits per heavy atom. The maximum Gasteiger partial charge on any atom is 0.333 e. The average Bonchev–Trinajstić information content (AvgIpc) is 4.01. The van der Waals surface area contributed by atoms with Crippen LogP contribution >= 0.6 is 0 Å². The highest BCUT2D eigenvalue weighted by Crippen LogP contribution is 2.42. The zero-order chi connectivity index (χ0) is 39.4. The molecule has 0 unspecified atom stereocenters. The van der Waals surface area contributed by atoms with Crippen molar-refractivity contribution in [1.82, 2.24) is 24.3 Å². The number of hydrogen-bond donors (Lipinski definition) is 4. The lowest BCUT2D eigenvalue weighted by Gasteiger charge is -2.18. The molecule has 2 amide bonds. The summed E-state index contributed by atoms with van der Waals surface area (Å²) in [5.41, 5.74) is 14.5. The van der Waals surface area contributed by atoms with Gasteiger partial charge in [0, 0.05) is 37.3 Å². The second-order valence-corrected chi connectivity index (χ2v) is 17.9. The van der Waals surface area contributed by atoms with Gasteiger partial charge in [-0.15, -0.1) is 0 Å². The van der Waals surface area contributed by atoms with Gasteiger partial charge in [-0.25, -0.2) is 49.6 Å². The number of fused-ring (bicyclic) bond motifs is 6. The molecule has 0 radical (unpaired) electrons. The number of aromatic nitrogens is 4. The van der Waals surface area contributed by atoms with Crippen LogP contribution in [0.25, 0.3) is 0 Å². The minimum atomic E-state index is -4.16. The maximum absolute atomic E-state index is 14.8. The normalized spacial score (nSPS) is 17.3. The predicted octanol–water partition coefficient (Wildman–Crippen LogP) is 3.99. The van der Waals surface area contributed by atoms with Crippen molar-refractivity contribution in [2.45, 2.75) is 113 Å². The maximum atomic E-state index is 14.8. The zero-order valence-corrected chi connectivity index (χ0v) is 32.4. The van der Waals surface area contributed by atoms with Crippen molar-refractivity contribution >= 4 is 37.5 Å². The Hall–Kier alpha value is -4.75. The number of primary sulfonamides is 1. The van der Waals surface area contributed by atoms with Crippen LogP contribution in [-0.4, -0.2) is 55.6 Å². The number of carbonyl (C=O) groups excluding carboxylic acids is 1. The lowest BCUT2D eigenvalue weighted by atomic mass is 9.98. The van der Waals surface area contributed by atoms with Crippen LogP contribution in [0.5, 0.6) is 11.8 Å². The van der Waals surface area contributed by atoms with Gasteiger partial charge in [-0.2, -0.15) is 10.2 Å². The number of ether oxygens (including phenoxy) is 2. The van der Waals surface area contributed by atoms with Crippen LogP contribution in [0.3, 0.4) is 0 Å². The molecular weight excluding hydrogens is 771 g/mol. The number of halogens is 2. The summed E-state index contributed by atoms with van der Waals surface area (Å²) in [4.78, 5) is 12.4. The van der Waals surface area contributed by atoms with E-state index in [-0.39, 0.29) is 33.2 Å². The highest BCUT2D eigenvalue weighted by atomic mass is 32.2. The number of urea groups is 1. The fourth-order valence-corrected chi connectivity index (χ4v) is 10.3. The van der Waals surface area contributed by atoms with Gasteiger partial charge in [-0.1, -0.05) is 0 Å². The molecule has 2 aromatic heterocycles. The SMILES string of the molecule is NS(=O)(=O)c1cnn2c1OCCC2.Nc1c2c(c(F)c3c1CCC3)CCC2.O=C(Nc1c2c(c(F)c3c1CCC3)CCC2)NS(=O)(=O)c1cnn2c1OCCC2. The topological polar surface area (TPSA) is 216 Å². The van der Waals surface area contributed by atoms with Crippen LogP contribution in [0.15, 0.2) is 22.2 Å². The van der Waals surface area contributed by atoms with Crippen LogP contribution in [0.1, 0.15) is 83.0 Å². The Labute approximate surface area is 323 Å². The Bertz CT molecular complexity index is 2360. The number of anilines is 2. The number of nitrogen functional groups attached to an aromatic ring is 1. The number of nitrogens with zero attached hydrogens (tertiary/aromatic N) is 4. The number of carbonyl (C=O) groups is 1. The van der Waals surface area contributed by atoms with E-state index in [1.165, 1.54) is 21.8 Å². The number of sulfonamides is 2. The molecule has 0 spiro atoms. The van der Waals surface area contributed by atoms with E-state index in [1.54, 1.807) is 0 Å². The van der Waals surface area contributed by atoms with Gasteiger partial charge in [0.1, 0.15) is 11.6 Å². The molecule has 19 heteroatoms. The summed E-state index contributed by atoms with van der Waals surface area (Å²) in [6, 6.07) is -0.865. The van der Waals surface area contributed by atoms with Crippen molar-refractivity contribution < 1.29 is 39.9 Å². The molecule has 0 atom stereocenters. The molecule has 0 fully saturated rings. The second-order valence-electron chi connectivity index (χ2n) is 14.7. The average molecular weight is 815 g/mol. The summed E-state index contributed by atoms with van der Waals surface area (Å²) in [6.07, 6.45) is 14.1. The first-order valence-electron chi connectivity index (χ1n) is 19.0. The highest BCUT2D eigenvalue weighted by molar-refractivity contribution is 7.90. The molecule has 15 nitrogen and oxygen atoms in total. The Balaban J connectivity index is 0.000000135. The first-order chi connectivity index (χ1) is 26.8. The summed E-state index contributed by atoms with van der Waals surface area (Å²) in [7, 11) is -7.87. The van der Waals surface area contributed by atoms with E-state index in [2.05, 4.69) is 15.5 Å². The fourth-order valence-electron chi connectivity index (χ4n) is 8.76. The first kappa shape index (κ1) is 38.1. The number of nitrogens with one attached hydrogen (secondary N) is 2. The molecule has 0 saturated heterocycles. The van der Waals surface area contributed by atoms with E-state index < -0.39 is 26.1 Å². The van der Waals surface area contributed by atoms with Gasteiger partial charge in [0.05, 0.1) is 25.6 Å². The van der Waals surface area contributed by atoms with Crippen LogP contribution in [0, 0.1) is 11.6 Å². The van der Waals surface area contributed by atoms with Crippen molar-refractivity contribution in [3.05, 3.63) is 68.5 Å². The standard InChI is InChI=1S/C19H21FN4O4S.C12H14FN.C6H9N3O3S/c20-16-11-4-1-6-13(11)17(14-7-2-5-12(14)16)22-19(25)23-29(26,27)15-10-21-24-8-3-9-28-18(15)24;13-11-7-3-1-5-9(7)12(14)10-6-2-4-8(10)11;7-13(10,11)5-4-8-9-2-1-3-12-6(5)9/h10H,1-9H2,(H2,22,23,25);1-6,14H2;4H,1-3H2,(H2,7,10,11). The van der Waals surface area contributed by atoms with E-state index in [1.807, 2.05) is 4.72 Å². The van der Waals surface area contributed by atoms with Gasteiger partial charge in [-0.3, -0.25) is 0 Å². The van der Waals surface area contributed by atoms with Crippen molar-refractivity contribution in [3.8, 4) is 11.8 Å². The zero-order valence-electron chi connectivity index (χ0n) is 30.8.